The number of benzene rings is 2. The zero-order valence-electron chi connectivity index (χ0n) is 35.6. The van der Waals surface area contributed by atoms with E-state index in [0.717, 1.165) is 5.56 Å². The van der Waals surface area contributed by atoms with Crippen molar-refractivity contribution in [2.24, 2.45) is 0 Å². The summed E-state index contributed by atoms with van der Waals surface area (Å²) in [6, 6.07) is 8.53. The number of nitrogens with one attached hydrogen (secondary N) is 3. The molecular formula is C42H58IN7O14. The van der Waals surface area contributed by atoms with Crippen LogP contribution in [0.25, 0.3) is 0 Å². The third-order valence-corrected chi connectivity index (χ3v) is 11.5. The first kappa shape index (κ1) is 52.9. The maximum absolute atomic E-state index is 14.1. The van der Waals surface area contributed by atoms with Crippen LogP contribution < -0.4 is 16.0 Å². The van der Waals surface area contributed by atoms with Crippen molar-refractivity contribution in [2.45, 2.75) is 69.6 Å². The smallest absolute Gasteiger partial charge is 0.326 e. The number of halogens is 1. The molecule has 64 heavy (non-hydrogen) atoms. The second kappa shape index (κ2) is 27.0. The van der Waals surface area contributed by atoms with Gasteiger partial charge in [0.05, 0.1) is 23.2 Å². The molecule has 3 amide bonds. The summed E-state index contributed by atoms with van der Waals surface area (Å²) >= 11 is 1.90. The van der Waals surface area contributed by atoms with Crippen LogP contribution in [-0.2, 0) is 51.2 Å². The quantitative estimate of drug-likeness (QED) is 0.0653. The van der Waals surface area contributed by atoms with Crippen molar-refractivity contribution < 1.29 is 69.0 Å². The van der Waals surface area contributed by atoms with Gasteiger partial charge in [-0.1, -0.05) is 43.3 Å². The molecule has 2 aromatic carbocycles. The number of aromatic hydroxyl groups is 1. The number of carboxylic acid groups (broad SMARTS) is 5. The van der Waals surface area contributed by atoms with E-state index in [9.17, 15) is 69.0 Å². The minimum atomic E-state index is -1.33. The number of carbonyl (C=O) groups excluding carboxylic acids is 3. The van der Waals surface area contributed by atoms with Crippen LogP contribution in [0.4, 0.5) is 0 Å². The zero-order chi connectivity index (χ0) is 47.3. The van der Waals surface area contributed by atoms with Crippen molar-refractivity contribution in [1.82, 2.24) is 35.6 Å². The average Bonchev–Trinajstić information content (AvgIpc) is 3.22. The molecule has 1 fully saturated rings. The Labute approximate surface area is 383 Å². The van der Waals surface area contributed by atoms with E-state index in [0.29, 0.717) is 15.6 Å². The van der Waals surface area contributed by atoms with Crippen LogP contribution in [-0.4, -0.2) is 194 Å². The number of carbonyl (C=O) groups is 8. The summed E-state index contributed by atoms with van der Waals surface area (Å²) in [7, 11) is 0. The highest BCUT2D eigenvalue weighted by molar-refractivity contribution is 14.1. The normalized spacial score (nSPS) is 16.7. The first-order chi connectivity index (χ1) is 30.3. The van der Waals surface area contributed by atoms with Gasteiger partial charge in [0, 0.05) is 65.2 Å². The predicted octanol–water partition coefficient (Wildman–Crippen LogP) is -0.170. The van der Waals surface area contributed by atoms with Crippen LogP contribution in [0.1, 0.15) is 43.7 Å². The number of hydrogen-bond acceptors (Lipinski definition) is 13. The standard InChI is InChI=1S/C42H58IN7O14/c1-2-30(41(61)62)45-39(59)31(10-8-27-6-4-3-5-7-27)46-40(60)32(23-28-9-12-34(51)29(43)22-28)44-35(52)13-11-33(42(63)64)50-20-18-48(25-37(55)56)16-14-47(24-36(53)54)15-17-49(19-21-50)26-38(57)58/h3-7,9,12,22,30-33,51H,2,8,10-11,13-21,23-26H2,1H3,(H,44,52)(H,45,59)(H,46,60)(H,53,54)(H,55,56)(H,57,58)(H,61,62)(H,63,64)/t30?,31-,32?,33?/m1/s1. The van der Waals surface area contributed by atoms with Gasteiger partial charge in [0.25, 0.3) is 0 Å². The largest absolute Gasteiger partial charge is 0.507 e. The Hall–Kier alpha value is -5.43. The Morgan fingerprint density at radius 1 is 0.609 bits per heavy atom. The SMILES string of the molecule is CCC(NC(=O)[C@@H](CCc1ccccc1)NC(=O)C(Cc1ccc(O)c(I)c1)NC(=O)CCC(C(=O)O)N1CCN(CC(=O)O)CCN(CC(=O)O)CCN(CC(=O)O)CC1)C(=O)O. The van der Waals surface area contributed by atoms with Gasteiger partial charge in [-0.15, -0.1) is 0 Å². The average molecular weight is 1010 g/mol. The van der Waals surface area contributed by atoms with Crippen molar-refractivity contribution in [1.29, 1.82) is 0 Å². The monoisotopic (exact) mass is 1010 g/mol. The fraction of sp³-hybridized carbons (Fsp3) is 0.524. The molecule has 0 aromatic heterocycles. The van der Waals surface area contributed by atoms with Crippen molar-refractivity contribution in [3.05, 3.63) is 63.2 Å². The number of rotatable bonds is 23. The van der Waals surface area contributed by atoms with Gasteiger partial charge in [-0.2, -0.15) is 0 Å². The molecular weight excluding hydrogens is 953 g/mol. The molecule has 1 aliphatic heterocycles. The van der Waals surface area contributed by atoms with Gasteiger partial charge in [0.2, 0.25) is 17.7 Å². The van der Waals surface area contributed by atoms with Gasteiger partial charge < -0.3 is 46.6 Å². The molecule has 3 rings (SSSR count). The van der Waals surface area contributed by atoms with Gasteiger partial charge in [0.1, 0.15) is 29.9 Å². The minimum Gasteiger partial charge on any atom is -0.507 e. The van der Waals surface area contributed by atoms with Crippen LogP contribution in [0.5, 0.6) is 5.75 Å². The fourth-order valence-corrected chi connectivity index (χ4v) is 7.72. The molecule has 1 heterocycles. The van der Waals surface area contributed by atoms with Crippen LogP contribution in [0.3, 0.4) is 0 Å². The Balaban J connectivity index is 1.87. The van der Waals surface area contributed by atoms with Gasteiger partial charge in [-0.25, -0.2) is 4.79 Å². The molecule has 4 atom stereocenters. The number of phenols is 1. The maximum atomic E-state index is 14.1. The second-order valence-corrected chi connectivity index (χ2v) is 16.6. The molecule has 1 saturated heterocycles. The number of aliphatic carboxylic acids is 5. The lowest BCUT2D eigenvalue weighted by Gasteiger charge is -2.35. The minimum absolute atomic E-state index is 0.0105. The van der Waals surface area contributed by atoms with Crippen molar-refractivity contribution >= 4 is 70.2 Å². The molecule has 3 unspecified atom stereocenters. The second-order valence-electron chi connectivity index (χ2n) is 15.4. The lowest BCUT2D eigenvalue weighted by molar-refractivity contribution is -0.145. The molecule has 1 aliphatic rings. The molecule has 0 radical (unpaired) electrons. The van der Waals surface area contributed by atoms with Crippen molar-refractivity contribution in [3.8, 4) is 5.75 Å². The molecule has 352 valence electrons. The summed E-state index contributed by atoms with van der Waals surface area (Å²) in [5, 5.41) is 66.6. The van der Waals surface area contributed by atoms with E-state index in [1.54, 1.807) is 36.1 Å². The highest BCUT2D eigenvalue weighted by Gasteiger charge is 2.32. The van der Waals surface area contributed by atoms with Crippen LogP contribution >= 0.6 is 22.6 Å². The molecule has 2 aromatic rings. The Kier molecular flexibility index (Phi) is 22.3. The maximum Gasteiger partial charge on any atom is 0.326 e. The Morgan fingerprint density at radius 3 is 1.58 bits per heavy atom. The molecule has 0 aliphatic carbocycles. The number of aryl methyl sites for hydroxylation is 1. The summed E-state index contributed by atoms with van der Waals surface area (Å²) in [6.07, 6.45) is -0.352. The lowest BCUT2D eigenvalue weighted by atomic mass is 10.0. The van der Waals surface area contributed by atoms with Crippen LogP contribution in [0.2, 0.25) is 0 Å². The summed E-state index contributed by atoms with van der Waals surface area (Å²) in [5.41, 5.74) is 1.37. The van der Waals surface area contributed by atoms with Gasteiger partial charge >= 0.3 is 29.8 Å². The first-order valence-corrected chi connectivity index (χ1v) is 21.9. The molecule has 9 N–H and O–H groups in total. The summed E-state index contributed by atoms with van der Waals surface area (Å²) in [6.45, 7) is 0.956. The summed E-state index contributed by atoms with van der Waals surface area (Å²) in [5.74, 6) is -8.28. The van der Waals surface area contributed by atoms with E-state index < -0.39 is 91.2 Å². The van der Waals surface area contributed by atoms with E-state index in [1.807, 2.05) is 40.8 Å². The zero-order valence-corrected chi connectivity index (χ0v) is 37.7. The van der Waals surface area contributed by atoms with E-state index in [1.165, 1.54) is 20.8 Å². The van der Waals surface area contributed by atoms with Crippen LogP contribution in [0.15, 0.2) is 48.5 Å². The molecule has 0 saturated carbocycles. The van der Waals surface area contributed by atoms with Gasteiger partial charge in [-0.3, -0.25) is 53.2 Å². The number of amides is 3. The Morgan fingerprint density at radius 2 is 1.11 bits per heavy atom. The van der Waals surface area contributed by atoms with Gasteiger partial charge in [0.15, 0.2) is 0 Å². The molecule has 22 heteroatoms. The molecule has 0 spiro atoms. The fourth-order valence-electron chi connectivity index (χ4n) is 7.14. The summed E-state index contributed by atoms with van der Waals surface area (Å²) in [4.78, 5) is 107. The van der Waals surface area contributed by atoms with Crippen molar-refractivity contribution in [3.63, 3.8) is 0 Å². The number of nitrogens with zero attached hydrogens (tertiary/aromatic N) is 4. The topological polar surface area (TPSA) is 307 Å². The highest BCUT2D eigenvalue weighted by atomic mass is 127. The lowest BCUT2D eigenvalue weighted by Crippen LogP contribution is -2.56. The highest BCUT2D eigenvalue weighted by Crippen LogP contribution is 2.21. The number of phenolic OH excluding ortho intramolecular Hbond substituents is 1. The van der Waals surface area contributed by atoms with E-state index >= 15 is 0 Å². The predicted molar refractivity (Wildman–Crippen MR) is 237 cm³/mol. The number of hydrogen-bond donors (Lipinski definition) is 9. The van der Waals surface area contributed by atoms with Gasteiger partial charge in [-0.05, 0) is 71.5 Å². The molecule has 21 nitrogen and oxygen atoms in total. The van der Waals surface area contributed by atoms with Crippen LogP contribution in [0, 0.1) is 3.57 Å². The van der Waals surface area contributed by atoms with E-state index in [2.05, 4.69) is 16.0 Å². The third-order valence-electron chi connectivity index (χ3n) is 10.6. The Bertz CT molecular complexity index is 1890. The summed E-state index contributed by atoms with van der Waals surface area (Å²) < 4.78 is 0.455. The third kappa shape index (κ3) is 19.1. The van der Waals surface area contributed by atoms with Crippen molar-refractivity contribution in [2.75, 3.05) is 72.0 Å². The molecule has 0 bridgehead atoms. The first-order valence-electron chi connectivity index (χ1n) is 20.8. The number of carboxylic acids is 5. The van der Waals surface area contributed by atoms with E-state index in [-0.39, 0.29) is 90.3 Å². The van der Waals surface area contributed by atoms with E-state index in [4.69, 9.17) is 0 Å².